The van der Waals surface area contributed by atoms with Crippen LogP contribution < -0.4 is 5.32 Å². The van der Waals surface area contributed by atoms with E-state index >= 15 is 0 Å². The van der Waals surface area contributed by atoms with E-state index in [4.69, 9.17) is 23.2 Å². The fourth-order valence-electron chi connectivity index (χ4n) is 1.63. The van der Waals surface area contributed by atoms with Crippen molar-refractivity contribution in [3.05, 3.63) is 61.1 Å². The molecule has 2 rings (SSSR count). The van der Waals surface area contributed by atoms with Gasteiger partial charge in [-0.15, -0.1) is 0 Å². The molecule has 18 heavy (non-hydrogen) atoms. The molecule has 94 valence electrons. The highest BCUT2D eigenvalue weighted by molar-refractivity contribution is 14.1. The van der Waals surface area contributed by atoms with Crippen molar-refractivity contribution in [2.75, 3.05) is 5.32 Å². The summed E-state index contributed by atoms with van der Waals surface area (Å²) in [5, 5.41) is 4.59. The van der Waals surface area contributed by atoms with Gasteiger partial charge in [0.2, 0.25) is 0 Å². The fourth-order valence-corrected chi connectivity index (χ4v) is 2.44. The van der Waals surface area contributed by atoms with Crippen LogP contribution in [-0.2, 0) is 6.54 Å². The van der Waals surface area contributed by atoms with Crippen molar-refractivity contribution in [1.82, 2.24) is 0 Å². The van der Waals surface area contributed by atoms with Gasteiger partial charge < -0.3 is 5.32 Å². The van der Waals surface area contributed by atoms with Gasteiger partial charge in [0.05, 0.1) is 10.0 Å². The van der Waals surface area contributed by atoms with Gasteiger partial charge in [0.15, 0.2) is 0 Å². The quantitative estimate of drug-likeness (QED) is 0.679. The molecule has 0 bridgehead atoms. The molecule has 0 aliphatic carbocycles. The number of nitrogens with one attached hydrogen (secondary N) is 1. The highest BCUT2D eigenvalue weighted by Crippen LogP contribution is 2.24. The Hall–Kier alpha value is -0.450. The van der Waals surface area contributed by atoms with Crippen molar-refractivity contribution < 1.29 is 0 Å². The van der Waals surface area contributed by atoms with Gasteiger partial charge in [0.1, 0.15) is 0 Å². The van der Waals surface area contributed by atoms with Crippen LogP contribution in [0.1, 0.15) is 11.1 Å². The number of halogens is 3. The van der Waals surface area contributed by atoms with Crippen LogP contribution in [0.25, 0.3) is 0 Å². The molecule has 1 N–H and O–H groups in total. The number of aryl methyl sites for hydroxylation is 1. The third-order valence-corrected chi connectivity index (χ3v) is 4.08. The van der Waals surface area contributed by atoms with Crippen LogP contribution in [0.4, 0.5) is 5.69 Å². The zero-order chi connectivity index (χ0) is 13.1. The average molecular weight is 392 g/mol. The maximum Gasteiger partial charge on any atom is 0.0595 e. The van der Waals surface area contributed by atoms with E-state index < -0.39 is 0 Å². The van der Waals surface area contributed by atoms with Crippen LogP contribution in [-0.4, -0.2) is 0 Å². The average Bonchev–Trinajstić information content (AvgIpc) is 2.34. The zero-order valence-corrected chi connectivity index (χ0v) is 13.5. The molecule has 0 unspecified atom stereocenters. The molecular weight excluding hydrogens is 380 g/mol. The molecule has 0 radical (unpaired) electrons. The van der Waals surface area contributed by atoms with Gasteiger partial charge in [0, 0.05) is 15.8 Å². The van der Waals surface area contributed by atoms with Gasteiger partial charge in [0.25, 0.3) is 0 Å². The predicted molar refractivity (Wildman–Crippen MR) is 87.7 cm³/mol. The van der Waals surface area contributed by atoms with Crippen LogP contribution in [0.5, 0.6) is 0 Å². The summed E-state index contributed by atoms with van der Waals surface area (Å²) in [7, 11) is 0. The lowest BCUT2D eigenvalue weighted by molar-refractivity contribution is 1.14. The van der Waals surface area contributed by atoms with Crippen LogP contribution in [0.2, 0.25) is 10.0 Å². The molecule has 0 amide bonds. The molecule has 1 nitrogen and oxygen atoms in total. The van der Waals surface area contributed by atoms with Gasteiger partial charge in [-0.25, -0.2) is 0 Å². The minimum atomic E-state index is 0.589. The second kappa shape index (κ2) is 6.13. The molecule has 0 saturated carbocycles. The largest absolute Gasteiger partial charge is 0.381 e. The van der Waals surface area contributed by atoms with Crippen molar-refractivity contribution in [2.24, 2.45) is 0 Å². The smallest absolute Gasteiger partial charge is 0.0595 e. The first-order valence-electron chi connectivity index (χ1n) is 5.50. The summed E-state index contributed by atoms with van der Waals surface area (Å²) in [6.45, 7) is 2.82. The molecule has 0 spiro atoms. The minimum absolute atomic E-state index is 0.589. The van der Waals surface area contributed by atoms with E-state index in [1.165, 1.54) is 9.13 Å². The number of rotatable bonds is 3. The van der Waals surface area contributed by atoms with Crippen molar-refractivity contribution in [3.63, 3.8) is 0 Å². The lowest BCUT2D eigenvalue weighted by Crippen LogP contribution is -2.01. The van der Waals surface area contributed by atoms with E-state index in [0.29, 0.717) is 10.0 Å². The monoisotopic (exact) mass is 391 g/mol. The molecule has 0 heterocycles. The lowest BCUT2D eigenvalue weighted by atomic mass is 10.2. The Bertz CT molecular complexity index is 570. The molecule has 2 aromatic carbocycles. The second-order valence-electron chi connectivity index (χ2n) is 4.06. The second-order valence-corrected chi connectivity index (χ2v) is 6.12. The zero-order valence-electron chi connectivity index (χ0n) is 9.81. The summed E-state index contributed by atoms with van der Waals surface area (Å²) in [4.78, 5) is 0. The maximum atomic E-state index is 5.99. The van der Waals surface area contributed by atoms with E-state index in [1.807, 2.05) is 18.2 Å². The summed E-state index contributed by atoms with van der Waals surface area (Å²) in [5.74, 6) is 0. The molecule has 0 aromatic heterocycles. The van der Waals surface area contributed by atoms with Crippen LogP contribution in [0.3, 0.4) is 0 Å². The standard InChI is InChI=1S/C14H12Cl2IN/c1-9-2-4-11(17)7-14(9)18-8-10-3-5-12(15)13(16)6-10/h2-7,18H,8H2,1H3. The molecular formula is C14H12Cl2IN. The molecule has 2 aromatic rings. The van der Waals surface area contributed by atoms with Crippen LogP contribution in [0, 0.1) is 10.5 Å². The fraction of sp³-hybridized carbons (Fsp3) is 0.143. The summed E-state index contributed by atoms with van der Waals surface area (Å²) in [6.07, 6.45) is 0. The number of hydrogen-bond donors (Lipinski definition) is 1. The van der Waals surface area contributed by atoms with E-state index in [2.05, 4.69) is 53.0 Å². The molecule has 0 atom stereocenters. The van der Waals surface area contributed by atoms with Crippen LogP contribution >= 0.6 is 45.8 Å². The first-order valence-corrected chi connectivity index (χ1v) is 7.33. The van der Waals surface area contributed by atoms with Gasteiger partial charge in [-0.3, -0.25) is 0 Å². The predicted octanol–water partition coefficient (Wildman–Crippen LogP) is 5.52. The highest BCUT2D eigenvalue weighted by Gasteiger charge is 2.02. The normalized spacial score (nSPS) is 10.4. The summed E-state index contributed by atoms with van der Waals surface area (Å²) < 4.78 is 1.22. The first kappa shape index (κ1) is 14.0. The Balaban J connectivity index is 2.11. The lowest BCUT2D eigenvalue weighted by Gasteiger charge is -2.10. The van der Waals surface area contributed by atoms with E-state index in [-0.39, 0.29) is 0 Å². The Morgan fingerprint density at radius 3 is 2.56 bits per heavy atom. The minimum Gasteiger partial charge on any atom is -0.381 e. The van der Waals surface area contributed by atoms with Gasteiger partial charge in [-0.2, -0.15) is 0 Å². The Morgan fingerprint density at radius 2 is 1.83 bits per heavy atom. The van der Waals surface area contributed by atoms with E-state index in [9.17, 15) is 0 Å². The molecule has 0 fully saturated rings. The molecule has 4 heteroatoms. The van der Waals surface area contributed by atoms with Crippen LogP contribution in [0.15, 0.2) is 36.4 Å². The van der Waals surface area contributed by atoms with Crippen molar-refractivity contribution >= 4 is 51.5 Å². The Kier molecular flexibility index (Phi) is 4.76. The van der Waals surface area contributed by atoms with Crippen molar-refractivity contribution in [3.8, 4) is 0 Å². The summed E-state index contributed by atoms with van der Waals surface area (Å²) in [5.41, 5.74) is 3.49. The van der Waals surface area contributed by atoms with Crippen molar-refractivity contribution in [2.45, 2.75) is 13.5 Å². The third kappa shape index (κ3) is 3.53. The number of hydrogen-bond acceptors (Lipinski definition) is 1. The summed E-state index contributed by atoms with van der Waals surface area (Å²) >= 11 is 14.2. The van der Waals surface area contributed by atoms with Gasteiger partial charge in [-0.05, 0) is 64.9 Å². The first-order chi connectivity index (χ1) is 8.56. The molecule has 0 aliphatic heterocycles. The molecule has 0 saturated heterocycles. The van der Waals surface area contributed by atoms with E-state index in [0.717, 1.165) is 17.8 Å². The summed E-state index contributed by atoms with van der Waals surface area (Å²) in [6, 6.07) is 12.0. The molecule has 0 aliphatic rings. The third-order valence-electron chi connectivity index (χ3n) is 2.67. The van der Waals surface area contributed by atoms with E-state index in [1.54, 1.807) is 0 Å². The number of anilines is 1. The highest BCUT2D eigenvalue weighted by atomic mass is 127. The topological polar surface area (TPSA) is 12.0 Å². The Labute approximate surface area is 131 Å². The Morgan fingerprint density at radius 1 is 1.06 bits per heavy atom. The SMILES string of the molecule is Cc1ccc(I)cc1NCc1ccc(Cl)c(Cl)c1. The maximum absolute atomic E-state index is 5.99. The van der Waals surface area contributed by atoms with Gasteiger partial charge >= 0.3 is 0 Å². The van der Waals surface area contributed by atoms with Crippen molar-refractivity contribution in [1.29, 1.82) is 0 Å². The number of benzene rings is 2. The van der Waals surface area contributed by atoms with Gasteiger partial charge in [-0.1, -0.05) is 35.3 Å².